The van der Waals surface area contributed by atoms with Crippen molar-refractivity contribution in [2.75, 3.05) is 7.05 Å². The van der Waals surface area contributed by atoms with Gasteiger partial charge < -0.3 is 4.74 Å². The number of esters is 1. The van der Waals surface area contributed by atoms with Crippen molar-refractivity contribution in [1.29, 1.82) is 0 Å². The molecule has 1 aliphatic heterocycles. The molecule has 3 rings (SSSR count). The van der Waals surface area contributed by atoms with E-state index in [0.29, 0.717) is 16.2 Å². The third kappa shape index (κ3) is 4.27. The Morgan fingerprint density at radius 3 is 2.30 bits per heavy atom. The Morgan fingerprint density at radius 2 is 1.70 bits per heavy atom. The second-order valence-electron chi connectivity index (χ2n) is 8.22. The van der Waals surface area contributed by atoms with Gasteiger partial charge in [0, 0.05) is 12.1 Å². The van der Waals surface area contributed by atoms with Gasteiger partial charge in [0.1, 0.15) is 5.60 Å². The molecule has 0 spiro atoms. The molecular weight excluding hydrogens is 402 g/mol. The summed E-state index contributed by atoms with van der Waals surface area (Å²) in [7, 11) is 1.56. The topological polar surface area (TPSA) is 55.8 Å². The number of rotatable bonds is 4. The summed E-state index contributed by atoms with van der Waals surface area (Å²) in [5.74, 6) is -0.897. The second kappa shape index (κ2) is 8.25. The number of hydrogen-bond donors (Lipinski definition) is 0. The first kappa shape index (κ1) is 22.1. The zero-order valence-electron chi connectivity index (χ0n) is 18.1. The van der Waals surface area contributed by atoms with Gasteiger partial charge in [-0.05, 0) is 61.2 Å². The van der Waals surface area contributed by atoms with Gasteiger partial charge in [-0.15, -0.1) is 0 Å². The normalized spacial score (nSPS) is 16.3. The summed E-state index contributed by atoms with van der Waals surface area (Å²) in [5.41, 5.74) is 2.81. The van der Waals surface area contributed by atoms with E-state index in [0.717, 1.165) is 16.7 Å². The Morgan fingerprint density at radius 1 is 1.10 bits per heavy atom. The van der Waals surface area contributed by atoms with Gasteiger partial charge in [0.05, 0.1) is 11.5 Å². The maximum atomic E-state index is 13.2. The van der Waals surface area contributed by atoms with Gasteiger partial charge >= 0.3 is 5.97 Å². The van der Waals surface area contributed by atoms with Crippen LogP contribution in [0.15, 0.2) is 48.2 Å². The summed E-state index contributed by atoms with van der Waals surface area (Å²) in [4.78, 5) is 31.3. The van der Waals surface area contributed by atoms with Crippen molar-refractivity contribution in [3.8, 4) is 11.1 Å². The minimum absolute atomic E-state index is 0.223. The molecule has 1 amide bonds. The maximum absolute atomic E-state index is 13.2. The van der Waals surface area contributed by atoms with Crippen molar-refractivity contribution in [1.82, 2.24) is 5.06 Å². The number of likely N-dealkylation sites (N-methyl/N-ethyl adjacent to an activating group) is 1. The number of hydroxylamine groups is 2. The number of carbonyl (C=O) groups excluding carboxylic acids is 2. The number of hydrogen-bond acceptors (Lipinski definition) is 4. The molecule has 0 aromatic heterocycles. The van der Waals surface area contributed by atoms with Crippen molar-refractivity contribution < 1.29 is 19.2 Å². The van der Waals surface area contributed by atoms with Crippen LogP contribution in [0.3, 0.4) is 0 Å². The molecule has 0 bridgehead atoms. The smallest absolute Gasteiger partial charge is 0.313 e. The van der Waals surface area contributed by atoms with Crippen molar-refractivity contribution in [3.05, 3.63) is 64.4 Å². The van der Waals surface area contributed by atoms with Crippen molar-refractivity contribution >= 4 is 29.1 Å². The lowest BCUT2D eigenvalue weighted by molar-refractivity contribution is -0.221. The molecule has 30 heavy (non-hydrogen) atoms. The fourth-order valence-electron chi connectivity index (χ4n) is 3.32. The highest BCUT2D eigenvalue weighted by Gasteiger charge is 2.43. The van der Waals surface area contributed by atoms with Crippen LogP contribution in [-0.2, 0) is 19.2 Å². The average molecular weight is 428 g/mol. The van der Waals surface area contributed by atoms with Crippen LogP contribution in [0.25, 0.3) is 16.7 Å². The number of aryl methyl sites for hydroxylation is 1. The van der Waals surface area contributed by atoms with Gasteiger partial charge in [-0.2, -0.15) is 0 Å². The highest BCUT2D eigenvalue weighted by Crippen LogP contribution is 2.39. The molecule has 0 radical (unpaired) electrons. The summed E-state index contributed by atoms with van der Waals surface area (Å²) < 4.78 is 5.72. The minimum Gasteiger partial charge on any atom is -0.427 e. The molecule has 0 aliphatic carbocycles. The van der Waals surface area contributed by atoms with Crippen LogP contribution in [-0.4, -0.2) is 29.6 Å². The van der Waals surface area contributed by atoms with E-state index in [4.69, 9.17) is 21.2 Å². The Labute approximate surface area is 182 Å². The summed E-state index contributed by atoms with van der Waals surface area (Å²) in [5, 5.41) is 1.84. The molecule has 0 atom stereocenters. The Kier molecular flexibility index (Phi) is 6.06. The molecule has 0 saturated heterocycles. The monoisotopic (exact) mass is 427 g/mol. The second-order valence-corrected chi connectivity index (χ2v) is 8.66. The number of carbonyl (C=O) groups is 2. The zero-order chi connectivity index (χ0) is 22.2. The SMILES string of the molecule is Cc1ccc(-c2ccc(Cl)cc2)cc1C1=C(OC(=O)C(C)C)C(C)(C)ON(C)C1=O. The van der Waals surface area contributed by atoms with Gasteiger partial charge in [-0.3, -0.25) is 14.4 Å². The number of ether oxygens (including phenoxy) is 1. The van der Waals surface area contributed by atoms with Crippen LogP contribution in [0.1, 0.15) is 38.8 Å². The predicted molar refractivity (Wildman–Crippen MR) is 117 cm³/mol. The summed E-state index contributed by atoms with van der Waals surface area (Å²) in [6, 6.07) is 13.4. The van der Waals surface area contributed by atoms with E-state index >= 15 is 0 Å². The van der Waals surface area contributed by atoms with Crippen LogP contribution in [0.4, 0.5) is 0 Å². The van der Waals surface area contributed by atoms with E-state index in [1.165, 1.54) is 5.06 Å². The Bertz CT molecular complexity index is 1020. The molecule has 2 aromatic rings. The fraction of sp³-hybridized carbons (Fsp3) is 0.333. The lowest BCUT2D eigenvalue weighted by Gasteiger charge is -2.38. The van der Waals surface area contributed by atoms with Gasteiger partial charge in [0.2, 0.25) is 0 Å². The third-order valence-electron chi connectivity index (χ3n) is 5.00. The van der Waals surface area contributed by atoms with Crippen molar-refractivity contribution in [3.63, 3.8) is 0 Å². The van der Waals surface area contributed by atoms with Crippen LogP contribution >= 0.6 is 11.6 Å². The third-order valence-corrected chi connectivity index (χ3v) is 5.25. The van der Waals surface area contributed by atoms with Gasteiger partial charge in [-0.25, -0.2) is 5.06 Å². The van der Waals surface area contributed by atoms with Crippen LogP contribution in [0.2, 0.25) is 5.02 Å². The van der Waals surface area contributed by atoms with E-state index in [9.17, 15) is 9.59 Å². The number of amides is 1. The number of benzene rings is 2. The molecule has 0 fully saturated rings. The Hall–Kier alpha value is -2.63. The zero-order valence-corrected chi connectivity index (χ0v) is 18.8. The molecule has 1 heterocycles. The van der Waals surface area contributed by atoms with E-state index in [-0.39, 0.29) is 17.6 Å². The van der Waals surface area contributed by atoms with Crippen LogP contribution < -0.4 is 0 Å². The Balaban J connectivity index is 2.23. The van der Waals surface area contributed by atoms with Crippen LogP contribution in [0, 0.1) is 12.8 Å². The molecule has 158 valence electrons. The molecule has 2 aromatic carbocycles. The first-order valence-corrected chi connectivity index (χ1v) is 10.2. The molecular formula is C24H26ClNO4. The lowest BCUT2D eigenvalue weighted by Crippen LogP contribution is -2.46. The lowest BCUT2D eigenvalue weighted by atomic mass is 9.89. The summed E-state index contributed by atoms with van der Waals surface area (Å²) >= 11 is 6.02. The molecule has 0 unspecified atom stereocenters. The molecule has 0 N–H and O–H groups in total. The van der Waals surface area contributed by atoms with E-state index in [2.05, 4.69) is 0 Å². The largest absolute Gasteiger partial charge is 0.427 e. The molecule has 1 aliphatic rings. The van der Waals surface area contributed by atoms with Crippen molar-refractivity contribution in [2.45, 2.75) is 40.2 Å². The number of nitrogens with zero attached hydrogens (tertiary/aromatic N) is 1. The van der Waals surface area contributed by atoms with Gasteiger partial charge in [-0.1, -0.05) is 49.7 Å². The highest BCUT2D eigenvalue weighted by molar-refractivity contribution is 6.30. The fourth-order valence-corrected chi connectivity index (χ4v) is 3.45. The maximum Gasteiger partial charge on any atom is 0.313 e. The van der Waals surface area contributed by atoms with Crippen LogP contribution in [0.5, 0.6) is 0 Å². The van der Waals surface area contributed by atoms with Gasteiger partial charge in [0.15, 0.2) is 5.76 Å². The molecule has 6 heteroatoms. The summed E-state index contributed by atoms with van der Waals surface area (Å²) in [6.07, 6.45) is 0. The van der Waals surface area contributed by atoms with Crippen molar-refractivity contribution in [2.24, 2.45) is 5.92 Å². The first-order chi connectivity index (χ1) is 14.0. The van der Waals surface area contributed by atoms with E-state index in [1.807, 2.05) is 49.4 Å². The quantitative estimate of drug-likeness (QED) is 0.612. The predicted octanol–water partition coefficient (Wildman–Crippen LogP) is 5.41. The standard InChI is InChI=1S/C24H26ClNO4/c1-14(2)23(28)29-21-20(22(27)26(6)30-24(21,4)5)19-13-17(8-7-15(19)3)16-9-11-18(25)12-10-16/h7-14H,1-6H3. The van der Waals surface area contributed by atoms with E-state index in [1.54, 1.807) is 34.7 Å². The summed E-state index contributed by atoms with van der Waals surface area (Å²) in [6.45, 7) is 8.97. The van der Waals surface area contributed by atoms with E-state index < -0.39 is 11.6 Å². The number of halogens is 1. The van der Waals surface area contributed by atoms with Gasteiger partial charge in [0.25, 0.3) is 5.91 Å². The average Bonchev–Trinajstić information content (AvgIpc) is 2.67. The first-order valence-electron chi connectivity index (χ1n) is 9.82. The molecule has 5 nitrogen and oxygen atoms in total. The minimum atomic E-state index is -0.995. The molecule has 0 saturated carbocycles. The highest BCUT2D eigenvalue weighted by atomic mass is 35.5.